The molecule has 36 heavy (non-hydrogen) atoms. The van der Waals surface area contributed by atoms with Crippen molar-refractivity contribution in [2.24, 2.45) is 11.3 Å². The van der Waals surface area contributed by atoms with Crippen LogP contribution in [0.25, 0.3) is 6.08 Å². The molecular weight excluding hydrogens is 578 g/mol. The smallest absolute Gasteiger partial charge is 0.155 e. The molecule has 0 spiro atoms. The molecule has 2 atom stereocenters. The second kappa shape index (κ2) is 14.0. The van der Waals surface area contributed by atoms with Gasteiger partial charge in [-0.15, -0.1) is 0 Å². The predicted octanol–water partition coefficient (Wildman–Crippen LogP) is 7.37. The molecule has 2 aromatic rings. The van der Waals surface area contributed by atoms with E-state index in [4.69, 9.17) is 15.0 Å². The molecule has 0 bridgehead atoms. The summed E-state index contributed by atoms with van der Waals surface area (Å²) in [6.07, 6.45) is 11.1. The van der Waals surface area contributed by atoms with E-state index in [0.29, 0.717) is 11.8 Å². The first-order valence-electron chi connectivity index (χ1n) is 13.4. The van der Waals surface area contributed by atoms with E-state index < -0.39 is 0 Å². The van der Waals surface area contributed by atoms with Gasteiger partial charge in [-0.1, -0.05) is 53.7 Å². The molecule has 8 heteroatoms. The summed E-state index contributed by atoms with van der Waals surface area (Å²) in [6, 6.07) is 4.30. The van der Waals surface area contributed by atoms with Crippen molar-refractivity contribution < 1.29 is 0 Å². The highest BCUT2D eigenvalue weighted by atomic mass is 127. The molecule has 1 saturated heterocycles. The van der Waals surface area contributed by atoms with E-state index >= 15 is 0 Å². The van der Waals surface area contributed by atoms with E-state index in [0.717, 1.165) is 67.1 Å². The first-order chi connectivity index (χ1) is 17.3. The molecule has 1 fully saturated rings. The molecule has 3 heterocycles. The van der Waals surface area contributed by atoms with Gasteiger partial charge >= 0.3 is 0 Å². The Labute approximate surface area is 233 Å². The predicted molar refractivity (Wildman–Crippen MR) is 165 cm³/mol. The number of nitrogens with one attached hydrogen (secondary N) is 2. The molecule has 0 radical (unpaired) electrons. The van der Waals surface area contributed by atoms with Gasteiger partial charge in [0.1, 0.15) is 11.5 Å². The van der Waals surface area contributed by atoms with Gasteiger partial charge in [0.2, 0.25) is 0 Å². The van der Waals surface area contributed by atoms with Crippen molar-refractivity contribution in [1.29, 1.82) is 0 Å². The van der Waals surface area contributed by atoms with Crippen LogP contribution < -0.4 is 15.3 Å². The summed E-state index contributed by atoms with van der Waals surface area (Å²) >= 11 is 2.38. The zero-order valence-corrected chi connectivity index (χ0v) is 25.9. The maximum atomic E-state index is 5.11. The monoisotopic (exact) mass is 622 g/mol. The maximum Gasteiger partial charge on any atom is 0.155 e. The minimum absolute atomic E-state index is 0.0640. The van der Waals surface area contributed by atoms with E-state index in [9.17, 15) is 0 Å². The summed E-state index contributed by atoms with van der Waals surface area (Å²) in [5.74, 6) is 2.66. The van der Waals surface area contributed by atoms with E-state index in [1.807, 2.05) is 12.3 Å². The molecule has 0 saturated carbocycles. The Kier molecular flexibility index (Phi) is 11.4. The summed E-state index contributed by atoms with van der Waals surface area (Å²) in [5.41, 5.74) is 4.73. The Morgan fingerprint density at radius 1 is 1.22 bits per heavy atom. The fourth-order valence-corrected chi connectivity index (χ4v) is 6.02. The third-order valence-electron chi connectivity index (χ3n) is 7.41. The summed E-state index contributed by atoms with van der Waals surface area (Å²) in [7, 11) is 0. The van der Waals surface area contributed by atoms with Crippen LogP contribution in [0, 0.1) is 11.3 Å². The quantitative estimate of drug-likeness (QED) is 0.180. The zero-order chi connectivity index (χ0) is 26.1. The second-order valence-corrected chi connectivity index (χ2v) is 12.7. The van der Waals surface area contributed by atoms with Crippen LogP contribution in [-0.2, 0) is 12.8 Å². The van der Waals surface area contributed by atoms with Crippen LogP contribution in [0.4, 0.5) is 11.6 Å². The van der Waals surface area contributed by atoms with Crippen molar-refractivity contribution in [1.82, 2.24) is 20.3 Å². The largest absolute Gasteiger partial charge is 0.355 e. The second-order valence-electron chi connectivity index (χ2n) is 10.6. The minimum atomic E-state index is 0.0640. The summed E-state index contributed by atoms with van der Waals surface area (Å²) in [4.78, 5) is 17.3. The highest BCUT2D eigenvalue weighted by Crippen LogP contribution is 2.38. The molecule has 1 aliphatic rings. The fraction of sp³-hybridized carbons (Fsp3) is 0.607. The minimum Gasteiger partial charge on any atom is -0.355 e. The van der Waals surface area contributed by atoms with Crippen molar-refractivity contribution in [3.63, 3.8) is 0 Å². The summed E-state index contributed by atoms with van der Waals surface area (Å²) in [5, 5.41) is 7.18. The van der Waals surface area contributed by atoms with Crippen LogP contribution in [0.2, 0.25) is 0 Å². The van der Waals surface area contributed by atoms with Crippen LogP contribution in [0.1, 0.15) is 89.0 Å². The van der Waals surface area contributed by atoms with E-state index in [2.05, 4.69) is 90.7 Å². The number of aromatic nitrogens is 3. The number of anilines is 2. The van der Waals surface area contributed by atoms with Crippen LogP contribution in [0.5, 0.6) is 0 Å². The Balaban J connectivity index is 1.81. The van der Waals surface area contributed by atoms with Gasteiger partial charge in [-0.3, -0.25) is 9.97 Å². The van der Waals surface area contributed by atoms with Crippen LogP contribution in [0.3, 0.4) is 0 Å². The van der Waals surface area contributed by atoms with Crippen molar-refractivity contribution in [3.8, 4) is 0 Å². The number of rotatable bonds is 13. The van der Waals surface area contributed by atoms with Crippen molar-refractivity contribution in [2.45, 2.75) is 79.2 Å². The van der Waals surface area contributed by atoms with Crippen molar-refractivity contribution in [3.05, 3.63) is 47.6 Å². The Morgan fingerprint density at radius 3 is 2.58 bits per heavy atom. The summed E-state index contributed by atoms with van der Waals surface area (Å²) in [6.45, 7) is 18.3. The molecule has 2 unspecified atom stereocenters. The molecule has 2 aromatic heterocycles. The first-order valence-corrected chi connectivity index (χ1v) is 17.5. The first kappa shape index (κ1) is 29.2. The lowest BCUT2D eigenvalue weighted by molar-refractivity contribution is 0.212. The molecule has 3 rings (SSSR count). The number of piperidine rings is 1. The Morgan fingerprint density at radius 2 is 1.97 bits per heavy atom. The highest BCUT2D eigenvalue weighted by molar-refractivity contribution is 14.2. The van der Waals surface area contributed by atoms with Crippen molar-refractivity contribution in [2.75, 3.05) is 29.6 Å². The third-order valence-corrected chi connectivity index (χ3v) is 8.55. The number of halogens is 1. The average molecular weight is 623 g/mol. The Hall–Kier alpha value is -1.31. The normalized spacial score (nSPS) is 16.6. The maximum absolute atomic E-state index is 5.11. The molecular formula is C28H44IN6P. The molecule has 198 valence electrons. The van der Waals surface area contributed by atoms with Gasteiger partial charge in [-0.2, -0.15) is 0 Å². The van der Waals surface area contributed by atoms with E-state index in [1.165, 1.54) is 31.2 Å². The number of nitrogens with zero attached hydrogens (tertiary/aromatic N) is 4. The lowest BCUT2D eigenvalue weighted by atomic mass is 9.75. The van der Waals surface area contributed by atoms with Crippen molar-refractivity contribution >= 4 is 46.1 Å². The lowest BCUT2D eigenvalue weighted by Gasteiger charge is -2.40. The van der Waals surface area contributed by atoms with Gasteiger partial charge in [0, 0.05) is 25.2 Å². The van der Waals surface area contributed by atoms with Crippen LogP contribution in [-0.4, -0.2) is 34.6 Å². The van der Waals surface area contributed by atoms with Gasteiger partial charge in [0.05, 0.1) is 17.9 Å². The molecule has 0 aromatic carbocycles. The average Bonchev–Trinajstić information content (AvgIpc) is 2.88. The SMILES string of the molecule is C=Cc1ccc(CC(NCC)c2ncc(N3CCC(C)(CCC(C)C)CC3)nc2NPI)c(CC)n1. The molecule has 2 N–H and O–H groups in total. The van der Waals surface area contributed by atoms with Gasteiger partial charge in [-0.25, -0.2) is 4.98 Å². The van der Waals surface area contributed by atoms with Gasteiger partial charge in [-0.05, 0) is 89.7 Å². The lowest BCUT2D eigenvalue weighted by Crippen LogP contribution is -2.39. The zero-order valence-electron chi connectivity index (χ0n) is 22.7. The third kappa shape index (κ3) is 7.84. The molecule has 1 aliphatic heterocycles. The van der Waals surface area contributed by atoms with Gasteiger partial charge < -0.3 is 15.3 Å². The fourth-order valence-electron chi connectivity index (χ4n) is 4.98. The topological polar surface area (TPSA) is 66.0 Å². The number of likely N-dealkylation sites (N-methyl/N-ethyl adjacent to an activating group) is 1. The number of hydrogen-bond donors (Lipinski definition) is 2. The van der Waals surface area contributed by atoms with E-state index in [-0.39, 0.29) is 6.04 Å². The standard InChI is InChI=1S/C28H44IN6P/c1-7-22-11-10-21(23(8-2)32-22)18-24(30-9-3)26-27(34-36-29)33-25(19-31-26)35-16-14-28(6,15-17-35)13-12-20(4)5/h7,10-11,19-20,24,30,36H,1,8-9,12-18H2,2-6H3,(H,33,34). The van der Waals surface area contributed by atoms with Gasteiger partial charge in [0.25, 0.3) is 0 Å². The highest BCUT2D eigenvalue weighted by Gasteiger charge is 2.31. The number of hydrogen-bond acceptors (Lipinski definition) is 6. The van der Waals surface area contributed by atoms with Crippen LogP contribution >= 0.6 is 28.4 Å². The van der Waals surface area contributed by atoms with Crippen LogP contribution in [0.15, 0.2) is 24.9 Å². The summed E-state index contributed by atoms with van der Waals surface area (Å²) < 4.78 is 0. The van der Waals surface area contributed by atoms with Gasteiger partial charge in [0.15, 0.2) is 5.82 Å². The van der Waals surface area contributed by atoms with E-state index in [1.54, 1.807) is 0 Å². The molecule has 0 amide bonds. The number of pyridine rings is 1. The molecule has 6 nitrogen and oxygen atoms in total. The Bertz CT molecular complexity index is 990. The number of aryl methyl sites for hydroxylation is 1. The molecule has 0 aliphatic carbocycles.